The van der Waals surface area contributed by atoms with Crippen LogP contribution in [-0.4, -0.2) is 34.1 Å². The van der Waals surface area contributed by atoms with Crippen LogP contribution >= 0.6 is 0 Å². The van der Waals surface area contributed by atoms with E-state index in [1.54, 1.807) is 29.2 Å². The third kappa shape index (κ3) is 2.61. The second-order valence-electron chi connectivity index (χ2n) is 5.45. The molecule has 0 aliphatic rings. The highest BCUT2D eigenvalue weighted by Gasteiger charge is 2.14. The molecule has 0 aliphatic heterocycles. The van der Waals surface area contributed by atoms with Crippen molar-refractivity contribution in [2.24, 2.45) is 0 Å². The van der Waals surface area contributed by atoms with Gasteiger partial charge < -0.3 is 4.57 Å². The molecule has 0 fully saturated rings. The zero-order chi connectivity index (χ0) is 17.2. The summed E-state index contributed by atoms with van der Waals surface area (Å²) in [6.07, 6.45) is 7.60. The Bertz CT molecular complexity index is 1090. The lowest BCUT2D eigenvalue weighted by Crippen LogP contribution is -2.09. The SMILES string of the molecule is CCc1c(Cn2ccnc2-c2cccc(C#N)n2)ncn2ncnc12. The number of imidazole rings is 1. The van der Waals surface area contributed by atoms with E-state index >= 15 is 0 Å². The van der Waals surface area contributed by atoms with Crippen LogP contribution in [0.2, 0.25) is 0 Å². The molecule has 0 spiro atoms. The maximum atomic E-state index is 9.05. The van der Waals surface area contributed by atoms with Gasteiger partial charge in [-0.15, -0.1) is 0 Å². The van der Waals surface area contributed by atoms with Gasteiger partial charge in [0.15, 0.2) is 11.5 Å². The Morgan fingerprint density at radius 2 is 2.12 bits per heavy atom. The summed E-state index contributed by atoms with van der Waals surface area (Å²) in [4.78, 5) is 17.6. The average Bonchev–Trinajstić information content (AvgIpc) is 3.31. The number of aromatic nitrogens is 7. The van der Waals surface area contributed by atoms with E-state index in [0.717, 1.165) is 23.3 Å². The standard InChI is InChI=1S/C17H14N8/c1-2-13-15(21-11-25-16(13)20-10-22-25)9-24-7-6-19-17(24)14-5-3-4-12(8-18)23-14/h3-7,10-11H,2,9H2,1H3. The van der Waals surface area contributed by atoms with Gasteiger partial charge in [-0.25, -0.2) is 24.5 Å². The molecule has 25 heavy (non-hydrogen) atoms. The van der Waals surface area contributed by atoms with Crippen molar-refractivity contribution in [3.8, 4) is 17.6 Å². The highest BCUT2D eigenvalue weighted by molar-refractivity contribution is 5.52. The summed E-state index contributed by atoms with van der Waals surface area (Å²) in [5, 5.41) is 13.2. The topological polar surface area (TPSA) is 97.6 Å². The number of rotatable bonds is 4. The molecule has 4 aromatic heterocycles. The van der Waals surface area contributed by atoms with Gasteiger partial charge in [0, 0.05) is 18.0 Å². The van der Waals surface area contributed by atoms with Gasteiger partial charge in [0.05, 0.1) is 12.2 Å². The summed E-state index contributed by atoms with van der Waals surface area (Å²) >= 11 is 0. The zero-order valence-corrected chi connectivity index (χ0v) is 13.5. The monoisotopic (exact) mass is 330 g/mol. The minimum Gasteiger partial charge on any atom is -0.324 e. The molecule has 122 valence electrons. The van der Waals surface area contributed by atoms with Crippen molar-refractivity contribution in [3.63, 3.8) is 0 Å². The zero-order valence-electron chi connectivity index (χ0n) is 13.5. The Labute approximate surface area is 143 Å². The molecule has 0 saturated heterocycles. The summed E-state index contributed by atoms with van der Waals surface area (Å²) in [6, 6.07) is 7.38. The van der Waals surface area contributed by atoms with Gasteiger partial charge >= 0.3 is 0 Å². The normalized spacial score (nSPS) is 10.9. The van der Waals surface area contributed by atoms with E-state index in [2.05, 4.69) is 38.0 Å². The van der Waals surface area contributed by atoms with Gasteiger partial charge in [0.25, 0.3) is 0 Å². The first-order valence-corrected chi connectivity index (χ1v) is 7.85. The summed E-state index contributed by atoms with van der Waals surface area (Å²) in [6.45, 7) is 2.61. The van der Waals surface area contributed by atoms with E-state index in [-0.39, 0.29) is 0 Å². The molecule has 0 bridgehead atoms. The first-order valence-electron chi connectivity index (χ1n) is 7.85. The van der Waals surface area contributed by atoms with Crippen LogP contribution in [-0.2, 0) is 13.0 Å². The van der Waals surface area contributed by atoms with E-state index in [4.69, 9.17) is 5.26 Å². The van der Waals surface area contributed by atoms with Crippen molar-refractivity contribution in [1.82, 2.24) is 34.1 Å². The number of aryl methyl sites for hydroxylation is 1. The first kappa shape index (κ1) is 15.0. The van der Waals surface area contributed by atoms with E-state index < -0.39 is 0 Å². The lowest BCUT2D eigenvalue weighted by molar-refractivity contribution is 0.752. The molecular formula is C17H14N8. The summed E-state index contributed by atoms with van der Waals surface area (Å²) < 4.78 is 3.65. The van der Waals surface area contributed by atoms with Gasteiger partial charge in [-0.1, -0.05) is 13.0 Å². The molecule has 8 nitrogen and oxygen atoms in total. The maximum absolute atomic E-state index is 9.05. The molecular weight excluding hydrogens is 316 g/mol. The molecule has 0 N–H and O–H groups in total. The molecule has 4 rings (SSSR count). The maximum Gasteiger partial charge on any atom is 0.162 e. The van der Waals surface area contributed by atoms with Crippen LogP contribution < -0.4 is 0 Å². The van der Waals surface area contributed by atoms with Crippen molar-refractivity contribution >= 4 is 5.65 Å². The van der Waals surface area contributed by atoms with Crippen molar-refractivity contribution in [2.45, 2.75) is 19.9 Å². The molecule has 0 aromatic carbocycles. The third-order valence-electron chi connectivity index (χ3n) is 4.00. The fourth-order valence-electron chi connectivity index (χ4n) is 2.83. The fourth-order valence-corrected chi connectivity index (χ4v) is 2.83. The van der Waals surface area contributed by atoms with Crippen LogP contribution in [0.25, 0.3) is 17.2 Å². The molecule has 0 unspecified atom stereocenters. The van der Waals surface area contributed by atoms with Gasteiger partial charge in [0.1, 0.15) is 30.1 Å². The van der Waals surface area contributed by atoms with Crippen LogP contribution in [0.4, 0.5) is 0 Å². The lowest BCUT2D eigenvalue weighted by Gasteiger charge is -2.11. The molecule has 0 radical (unpaired) electrons. The number of nitrogens with zero attached hydrogens (tertiary/aromatic N) is 8. The Balaban J connectivity index is 1.76. The van der Waals surface area contributed by atoms with Gasteiger partial charge in [-0.3, -0.25) is 0 Å². The van der Waals surface area contributed by atoms with E-state index in [1.165, 1.54) is 6.33 Å². The number of nitriles is 1. The summed E-state index contributed by atoms with van der Waals surface area (Å²) in [5.74, 6) is 0.697. The van der Waals surface area contributed by atoms with E-state index in [9.17, 15) is 0 Å². The molecule has 0 atom stereocenters. The highest BCUT2D eigenvalue weighted by atomic mass is 15.3. The van der Waals surface area contributed by atoms with E-state index in [1.807, 2.05) is 16.8 Å². The smallest absolute Gasteiger partial charge is 0.162 e. The van der Waals surface area contributed by atoms with Crippen molar-refractivity contribution in [2.75, 3.05) is 0 Å². The largest absolute Gasteiger partial charge is 0.324 e. The van der Waals surface area contributed by atoms with Crippen LogP contribution in [0.3, 0.4) is 0 Å². The Morgan fingerprint density at radius 1 is 1.20 bits per heavy atom. The quantitative estimate of drug-likeness (QED) is 0.566. The number of hydrogen-bond donors (Lipinski definition) is 0. The van der Waals surface area contributed by atoms with Crippen LogP contribution in [0.1, 0.15) is 23.9 Å². The molecule has 4 aromatic rings. The number of pyridine rings is 1. The van der Waals surface area contributed by atoms with Crippen molar-refractivity contribution < 1.29 is 0 Å². The first-order chi connectivity index (χ1) is 12.3. The number of fused-ring (bicyclic) bond motifs is 1. The Hall–Kier alpha value is -3.60. The fraction of sp³-hybridized carbons (Fsp3) is 0.176. The van der Waals surface area contributed by atoms with Crippen LogP contribution in [0.5, 0.6) is 0 Å². The molecule has 0 saturated carbocycles. The second-order valence-corrected chi connectivity index (χ2v) is 5.45. The van der Waals surface area contributed by atoms with Gasteiger partial charge in [-0.05, 0) is 18.6 Å². The van der Waals surface area contributed by atoms with Gasteiger partial charge in [0.2, 0.25) is 0 Å². The van der Waals surface area contributed by atoms with Crippen LogP contribution in [0, 0.1) is 11.3 Å². The number of hydrogen-bond acceptors (Lipinski definition) is 6. The van der Waals surface area contributed by atoms with Crippen molar-refractivity contribution in [3.05, 3.63) is 60.2 Å². The Kier molecular flexibility index (Phi) is 3.67. The molecule has 4 heterocycles. The van der Waals surface area contributed by atoms with Gasteiger partial charge in [-0.2, -0.15) is 10.4 Å². The second kappa shape index (κ2) is 6.13. The molecule has 8 heteroatoms. The van der Waals surface area contributed by atoms with Crippen molar-refractivity contribution in [1.29, 1.82) is 5.26 Å². The predicted octanol–water partition coefficient (Wildman–Crippen LogP) is 1.87. The minimum atomic E-state index is 0.365. The summed E-state index contributed by atoms with van der Waals surface area (Å²) in [5.41, 5.74) is 3.81. The lowest BCUT2D eigenvalue weighted by atomic mass is 10.1. The molecule has 0 aliphatic carbocycles. The predicted molar refractivity (Wildman–Crippen MR) is 89.4 cm³/mol. The van der Waals surface area contributed by atoms with E-state index in [0.29, 0.717) is 23.8 Å². The van der Waals surface area contributed by atoms with Crippen LogP contribution in [0.15, 0.2) is 43.2 Å². The average molecular weight is 330 g/mol. The molecule has 0 amide bonds. The highest BCUT2D eigenvalue weighted by Crippen LogP contribution is 2.19. The Morgan fingerprint density at radius 3 is 2.96 bits per heavy atom. The summed E-state index contributed by atoms with van der Waals surface area (Å²) in [7, 11) is 0. The third-order valence-corrected chi connectivity index (χ3v) is 4.00. The minimum absolute atomic E-state index is 0.365.